The molecular weight excluding hydrogens is 372 g/mol. The highest BCUT2D eigenvalue weighted by Crippen LogP contribution is 2.34. The number of hydrogen-bond donors (Lipinski definition) is 2. The summed E-state index contributed by atoms with van der Waals surface area (Å²) >= 11 is 2.89. The number of amides is 1. The van der Waals surface area contributed by atoms with E-state index in [1.54, 1.807) is 17.4 Å². The monoisotopic (exact) mass is 388 g/mol. The molecule has 1 aliphatic heterocycles. The second-order valence-electron chi connectivity index (χ2n) is 6.10. The molecule has 0 radical (unpaired) electrons. The Kier molecular flexibility index (Phi) is 4.47. The van der Waals surface area contributed by atoms with Crippen molar-refractivity contribution >= 4 is 44.8 Å². The summed E-state index contributed by atoms with van der Waals surface area (Å²) in [6.07, 6.45) is 0.536. The third-order valence-electron chi connectivity index (χ3n) is 4.44. The fraction of sp³-hybridized carbons (Fsp3) is 0.278. The number of carboxylic acid groups (broad SMARTS) is 1. The molecule has 0 bridgehead atoms. The number of aliphatic carboxylic acids is 1. The van der Waals surface area contributed by atoms with Crippen molar-refractivity contribution in [1.82, 2.24) is 10.3 Å². The van der Waals surface area contributed by atoms with Gasteiger partial charge in [0.25, 0.3) is 5.91 Å². The normalized spacial score (nSPS) is 16.5. The van der Waals surface area contributed by atoms with E-state index in [1.807, 2.05) is 30.3 Å². The number of carbonyl (C=O) groups excluding carboxylic acids is 1. The van der Waals surface area contributed by atoms with Gasteiger partial charge in [0.05, 0.1) is 20.0 Å². The maximum Gasteiger partial charge on any atom is 0.329 e. The number of thiophene rings is 1. The number of nitrogens with zero attached hydrogens (tertiary/aromatic N) is 1. The molecule has 1 fully saturated rings. The Balaban J connectivity index is 1.57. The Bertz CT molecular complexity index is 939. The SMILES string of the molecule is O=C(NC1(C(=O)O)CCOCC1)c1ccc(-c2nc3ccccc3s2)s1. The van der Waals surface area contributed by atoms with Gasteiger partial charge in [-0.3, -0.25) is 4.79 Å². The van der Waals surface area contributed by atoms with Crippen molar-refractivity contribution in [2.45, 2.75) is 18.4 Å². The molecule has 6 nitrogen and oxygen atoms in total. The summed E-state index contributed by atoms with van der Waals surface area (Å²) in [4.78, 5) is 30.3. The van der Waals surface area contributed by atoms with Crippen LogP contribution in [0.4, 0.5) is 0 Å². The molecule has 1 aromatic carbocycles. The minimum absolute atomic E-state index is 0.268. The lowest BCUT2D eigenvalue weighted by Crippen LogP contribution is -2.57. The van der Waals surface area contributed by atoms with Gasteiger partial charge in [0, 0.05) is 26.1 Å². The third-order valence-corrected chi connectivity index (χ3v) is 6.73. The standard InChI is InChI=1S/C18H16N2O4S2/c21-15(20-18(17(22)23)7-9-24-10-8-18)13-5-6-14(25-13)16-19-11-3-1-2-4-12(11)26-16/h1-6H,7-10H2,(H,20,21)(H,22,23). The van der Waals surface area contributed by atoms with Gasteiger partial charge in [0.1, 0.15) is 10.5 Å². The first-order valence-electron chi connectivity index (χ1n) is 8.17. The molecular formula is C18H16N2O4S2. The molecule has 0 unspecified atom stereocenters. The highest BCUT2D eigenvalue weighted by molar-refractivity contribution is 7.26. The topological polar surface area (TPSA) is 88.5 Å². The number of fused-ring (bicyclic) bond motifs is 1. The molecule has 0 saturated carbocycles. The van der Waals surface area contributed by atoms with E-state index >= 15 is 0 Å². The number of carboxylic acids is 1. The van der Waals surface area contributed by atoms with Gasteiger partial charge in [-0.1, -0.05) is 12.1 Å². The van der Waals surface area contributed by atoms with Crippen LogP contribution in [0.15, 0.2) is 36.4 Å². The van der Waals surface area contributed by atoms with Crippen molar-refractivity contribution in [3.63, 3.8) is 0 Å². The second kappa shape index (κ2) is 6.79. The van der Waals surface area contributed by atoms with Crippen LogP contribution in [-0.2, 0) is 9.53 Å². The molecule has 2 N–H and O–H groups in total. The van der Waals surface area contributed by atoms with Crippen LogP contribution in [0.3, 0.4) is 0 Å². The minimum atomic E-state index is -1.25. The highest BCUT2D eigenvalue weighted by atomic mass is 32.1. The predicted molar refractivity (Wildman–Crippen MR) is 101 cm³/mol. The van der Waals surface area contributed by atoms with E-state index in [9.17, 15) is 14.7 Å². The van der Waals surface area contributed by atoms with Crippen LogP contribution in [0.2, 0.25) is 0 Å². The Labute approximate surface area is 157 Å². The number of carbonyl (C=O) groups is 2. The fourth-order valence-corrected chi connectivity index (χ4v) is 4.87. The van der Waals surface area contributed by atoms with Crippen molar-refractivity contribution in [3.8, 4) is 9.88 Å². The van der Waals surface area contributed by atoms with E-state index in [-0.39, 0.29) is 18.7 Å². The average Bonchev–Trinajstić information content (AvgIpc) is 3.29. The largest absolute Gasteiger partial charge is 0.480 e. The highest BCUT2D eigenvalue weighted by Gasteiger charge is 2.42. The maximum atomic E-state index is 12.6. The van der Waals surface area contributed by atoms with E-state index in [0.717, 1.165) is 20.1 Å². The van der Waals surface area contributed by atoms with Gasteiger partial charge in [-0.2, -0.15) is 0 Å². The zero-order chi connectivity index (χ0) is 18.1. The molecule has 134 valence electrons. The van der Waals surface area contributed by atoms with Crippen molar-refractivity contribution < 1.29 is 19.4 Å². The summed E-state index contributed by atoms with van der Waals surface area (Å²) in [6.45, 7) is 0.655. The van der Waals surface area contributed by atoms with Crippen LogP contribution in [0.5, 0.6) is 0 Å². The summed E-state index contributed by atoms with van der Waals surface area (Å²) in [5.41, 5.74) is -0.325. The number of aromatic nitrogens is 1. The summed E-state index contributed by atoms with van der Waals surface area (Å²) in [5.74, 6) is -1.39. The van der Waals surface area contributed by atoms with Gasteiger partial charge in [-0.05, 0) is 24.3 Å². The molecule has 1 saturated heterocycles. The Morgan fingerprint density at radius 1 is 1.12 bits per heavy atom. The summed E-state index contributed by atoms with van der Waals surface area (Å²) < 4.78 is 6.33. The maximum absolute atomic E-state index is 12.6. The van der Waals surface area contributed by atoms with Gasteiger partial charge in [0.2, 0.25) is 0 Å². The predicted octanol–water partition coefficient (Wildman–Crippen LogP) is 3.39. The Morgan fingerprint density at radius 2 is 1.88 bits per heavy atom. The average molecular weight is 388 g/mol. The van der Waals surface area contributed by atoms with Crippen LogP contribution in [0.1, 0.15) is 22.5 Å². The molecule has 0 spiro atoms. The van der Waals surface area contributed by atoms with E-state index < -0.39 is 11.5 Å². The van der Waals surface area contributed by atoms with Crippen LogP contribution in [-0.4, -0.2) is 40.7 Å². The molecule has 8 heteroatoms. The van der Waals surface area contributed by atoms with E-state index in [4.69, 9.17) is 4.74 Å². The second-order valence-corrected chi connectivity index (χ2v) is 8.22. The molecule has 0 aliphatic carbocycles. The van der Waals surface area contributed by atoms with Crippen LogP contribution in [0.25, 0.3) is 20.1 Å². The number of nitrogens with one attached hydrogen (secondary N) is 1. The van der Waals surface area contributed by atoms with Gasteiger partial charge in [-0.25, -0.2) is 9.78 Å². The first-order valence-corrected chi connectivity index (χ1v) is 9.80. The van der Waals surface area contributed by atoms with Crippen LogP contribution >= 0.6 is 22.7 Å². The quantitative estimate of drug-likeness (QED) is 0.715. The van der Waals surface area contributed by atoms with Gasteiger partial charge >= 0.3 is 5.97 Å². The summed E-state index contributed by atoms with van der Waals surface area (Å²) in [6, 6.07) is 11.5. The lowest BCUT2D eigenvalue weighted by Gasteiger charge is -2.33. The molecule has 3 heterocycles. The van der Waals surface area contributed by atoms with Gasteiger partial charge in [0.15, 0.2) is 0 Å². The van der Waals surface area contributed by atoms with Crippen molar-refractivity contribution in [3.05, 3.63) is 41.3 Å². The minimum Gasteiger partial charge on any atom is -0.480 e. The van der Waals surface area contributed by atoms with E-state index in [2.05, 4.69) is 10.3 Å². The lowest BCUT2D eigenvalue weighted by atomic mass is 9.90. The van der Waals surface area contributed by atoms with Crippen LogP contribution in [0, 0.1) is 0 Å². The zero-order valence-corrected chi connectivity index (χ0v) is 15.4. The first kappa shape index (κ1) is 17.1. The molecule has 2 aromatic heterocycles. The first-order chi connectivity index (χ1) is 12.6. The van der Waals surface area contributed by atoms with Crippen molar-refractivity contribution in [2.75, 3.05) is 13.2 Å². The third kappa shape index (κ3) is 3.11. The molecule has 0 atom stereocenters. The van der Waals surface area contributed by atoms with Crippen molar-refractivity contribution in [2.24, 2.45) is 0 Å². The fourth-order valence-electron chi connectivity index (χ4n) is 2.94. The number of para-hydroxylation sites is 1. The van der Waals surface area contributed by atoms with Gasteiger partial charge < -0.3 is 15.2 Å². The lowest BCUT2D eigenvalue weighted by molar-refractivity contribution is -0.148. The smallest absolute Gasteiger partial charge is 0.329 e. The molecule has 3 aromatic rings. The molecule has 26 heavy (non-hydrogen) atoms. The Morgan fingerprint density at radius 3 is 2.62 bits per heavy atom. The number of thiazole rings is 1. The number of benzene rings is 1. The molecule has 1 amide bonds. The number of rotatable bonds is 4. The van der Waals surface area contributed by atoms with E-state index in [1.165, 1.54) is 11.3 Å². The Hall–Kier alpha value is -2.29. The number of hydrogen-bond acceptors (Lipinski definition) is 6. The van der Waals surface area contributed by atoms with Crippen molar-refractivity contribution in [1.29, 1.82) is 0 Å². The van der Waals surface area contributed by atoms with E-state index in [0.29, 0.717) is 18.1 Å². The number of ether oxygens (including phenoxy) is 1. The zero-order valence-electron chi connectivity index (χ0n) is 13.7. The van der Waals surface area contributed by atoms with Crippen LogP contribution < -0.4 is 5.32 Å². The van der Waals surface area contributed by atoms with Gasteiger partial charge in [-0.15, -0.1) is 22.7 Å². The summed E-state index contributed by atoms with van der Waals surface area (Å²) in [7, 11) is 0. The molecule has 1 aliphatic rings. The molecule has 4 rings (SSSR count). The summed E-state index contributed by atoms with van der Waals surface area (Å²) in [5, 5.41) is 13.1.